The van der Waals surface area contributed by atoms with Crippen LogP contribution < -0.4 is 0 Å². The number of hydrogen-bond donors (Lipinski definition) is 1. The molecule has 0 radical (unpaired) electrons. The Kier molecular flexibility index (Phi) is 5.23. The number of aromatic nitrogens is 1. The zero-order chi connectivity index (χ0) is 17.3. The molecule has 5 nitrogen and oxygen atoms in total. The zero-order valence-electron chi connectivity index (χ0n) is 14.1. The molecular weight excluding hydrogens is 313 g/mol. The van der Waals surface area contributed by atoms with Gasteiger partial charge in [0.1, 0.15) is 0 Å². The van der Waals surface area contributed by atoms with Crippen LogP contribution in [0, 0.1) is 0 Å². The van der Waals surface area contributed by atoms with E-state index in [2.05, 4.69) is 17.6 Å². The lowest BCUT2D eigenvalue weighted by atomic mass is 9.78. The number of rotatable bonds is 4. The van der Waals surface area contributed by atoms with Gasteiger partial charge in [0.05, 0.1) is 23.9 Å². The Morgan fingerprint density at radius 2 is 1.96 bits per heavy atom. The molecule has 2 rings (SSSR count). The van der Waals surface area contributed by atoms with Crippen molar-refractivity contribution in [3.63, 3.8) is 0 Å². The number of ether oxygens (including phenoxy) is 1. The molecule has 0 aromatic carbocycles. The molecule has 0 N–H and O–H groups in total. The molecule has 1 fully saturated rings. The van der Waals surface area contributed by atoms with Crippen molar-refractivity contribution < 1.29 is 18.8 Å². The van der Waals surface area contributed by atoms with Crippen LogP contribution in [0.3, 0.4) is 0 Å². The van der Waals surface area contributed by atoms with Gasteiger partial charge in [0.2, 0.25) is 0 Å². The molecule has 1 aromatic rings. The van der Waals surface area contributed by atoms with Gasteiger partial charge in [-0.1, -0.05) is 6.08 Å². The predicted molar refractivity (Wildman–Crippen MR) is 93.5 cm³/mol. The van der Waals surface area contributed by atoms with Crippen molar-refractivity contribution >= 4 is 31.8 Å². The van der Waals surface area contributed by atoms with Crippen LogP contribution in [-0.2, 0) is 14.0 Å². The molecule has 1 aliphatic rings. The van der Waals surface area contributed by atoms with Gasteiger partial charge in [-0.25, -0.2) is 4.79 Å². The van der Waals surface area contributed by atoms with Crippen LogP contribution in [0.25, 0.3) is 6.08 Å². The highest BCUT2D eigenvalue weighted by molar-refractivity contribution is 7.80. The van der Waals surface area contributed by atoms with Gasteiger partial charge in [0, 0.05) is 23.7 Å². The standard InChI is InChI=1S/C16H22BNO4S/c1-15(2)16(3,4)22-17(21-15)12(10-23)8-11-9-18-7-6-13(11)14(19)20-5/h6-9,23H,10H2,1-5H3. The van der Waals surface area contributed by atoms with E-state index in [4.69, 9.17) is 14.0 Å². The number of nitrogens with zero attached hydrogens (tertiary/aromatic N) is 1. The molecule has 1 aromatic heterocycles. The number of hydrogen-bond acceptors (Lipinski definition) is 6. The lowest BCUT2D eigenvalue weighted by molar-refractivity contribution is 0.00578. The number of carbonyl (C=O) groups is 1. The van der Waals surface area contributed by atoms with Gasteiger partial charge >= 0.3 is 13.1 Å². The molecule has 1 aliphatic heterocycles. The fourth-order valence-electron chi connectivity index (χ4n) is 2.20. The smallest absolute Gasteiger partial charge is 0.465 e. The minimum absolute atomic E-state index is 0.411. The second-order valence-electron chi connectivity index (χ2n) is 6.42. The molecule has 0 saturated carbocycles. The highest BCUT2D eigenvalue weighted by Gasteiger charge is 2.52. The summed E-state index contributed by atoms with van der Waals surface area (Å²) in [5.74, 6) is 0.0258. The van der Waals surface area contributed by atoms with E-state index in [1.54, 1.807) is 18.5 Å². The monoisotopic (exact) mass is 335 g/mol. The summed E-state index contributed by atoms with van der Waals surface area (Å²) in [5, 5.41) is 0. The number of thiol groups is 1. The van der Waals surface area contributed by atoms with Gasteiger partial charge in [-0.05, 0) is 39.2 Å². The Bertz CT molecular complexity index is 614. The first-order chi connectivity index (χ1) is 10.7. The molecule has 0 atom stereocenters. The molecular formula is C16H22BNO4S. The third-order valence-corrected chi connectivity index (χ3v) is 4.70. The largest absolute Gasteiger partial charge is 0.491 e. The van der Waals surface area contributed by atoms with Gasteiger partial charge in [0.15, 0.2) is 0 Å². The number of methoxy groups -OCH3 is 1. The fraction of sp³-hybridized carbons (Fsp3) is 0.500. The lowest BCUT2D eigenvalue weighted by Crippen LogP contribution is -2.41. The second kappa shape index (κ2) is 6.67. The Balaban J connectivity index is 2.36. The van der Waals surface area contributed by atoms with Gasteiger partial charge < -0.3 is 14.0 Å². The highest BCUT2D eigenvalue weighted by Crippen LogP contribution is 2.39. The Hall–Kier alpha value is -1.31. The zero-order valence-corrected chi connectivity index (χ0v) is 15.0. The molecule has 124 valence electrons. The van der Waals surface area contributed by atoms with E-state index in [-0.39, 0.29) is 0 Å². The van der Waals surface area contributed by atoms with E-state index in [1.807, 2.05) is 33.8 Å². The van der Waals surface area contributed by atoms with Crippen LogP contribution in [0.15, 0.2) is 23.9 Å². The molecule has 2 heterocycles. The Morgan fingerprint density at radius 1 is 1.35 bits per heavy atom. The first-order valence-corrected chi connectivity index (χ1v) is 8.04. The average Bonchev–Trinajstić information content (AvgIpc) is 2.72. The van der Waals surface area contributed by atoms with E-state index in [9.17, 15) is 4.79 Å². The van der Waals surface area contributed by atoms with Gasteiger partial charge in [0.25, 0.3) is 0 Å². The highest BCUT2D eigenvalue weighted by atomic mass is 32.1. The average molecular weight is 335 g/mol. The van der Waals surface area contributed by atoms with Crippen molar-refractivity contribution in [1.82, 2.24) is 4.98 Å². The van der Waals surface area contributed by atoms with Crippen molar-refractivity contribution in [2.45, 2.75) is 38.9 Å². The van der Waals surface area contributed by atoms with Crippen molar-refractivity contribution in [2.75, 3.05) is 12.9 Å². The van der Waals surface area contributed by atoms with Crippen molar-refractivity contribution in [3.05, 3.63) is 35.1 Å². The normalized spacial score (nSPS) is 19.7. The maximum absolute atomic E-state index is 11.9. The minimum atomic E-state index is -0.511. The summed E-state index contributed by atoms with van der Waals surface area (Å²) in [6.45, 7) is 7.97. The maximum atomic E-state index is 11.9. The Morgan fingerprint density at radius 3 is 2.48 bits per heavy atom. The van der Waals surface area contributed by atoms with Crippen molar-refractivity contribution in [1.29, 1.82) is 0 Å². The SMILES string of the molecule is COC(=O)c1ccncc1C=C(CS)B1OC(C)(C)C(C)(C)O1. The third-order valence-electron chi connectivity index (χ3n) is 4.34. The molecule has 0 bridgehead atoms. The third kappa shape index (κ3) is 3.62. The minimum Gasteiger partial charge on any atom is -0.465 e. The number of carbonyl (C=O) groups excluding carboxylic acids is 1. The summed E-state index contributed by atoms with van der Waals surface area (Å²) in [7, 11) is 0.840. The fourth-order valence-corrected chi connectivity index (χ4v) is 2.44. The van der Waals surface area contributed by atoms with E-state index in [1.165, 1.54) is 7.11 Å². The van der Waals surface area contributed by atoms with Crippen LogP contribution in [0.4, 0.5) is 0 Å². The summed E-state index contributed by atoms with van der Waals surface area (Å²) in [6.07, 6.45) is 4.99. The molecule has 7 heteroatoms. The topological polar surface area (TPSA) is 57.7 Å². The van der Waals surface area contributed by atoms with Gasteiger partial charge in [-0.15, -0.1) is 0 Å². The van der Waals surface area contributed by atoms with Crippen LogP contribution in [0.1, 0.15) is 43.6 Å². The van der Waals surface area contributed by atoms with Crippen molar-refractivity contribution in [2.24, 2.45) is 0 Å². The molecule has 0 amide bonds. The summed E-state index contributed by atoms with van der Waals surface area (Å²) in [6, 6.07) is 1.62. The maximum Gasteiger partial charge on any atom is 0.491 e. The van der Waals surface area contributed by atoms with Gasteiger partial charge in [-0.2, -0.15) is 12.6 Å². The lowest BCUT2D eigenvalue weighted by Gasteiger charge is -2.32. The molecule has 23 heavy (non-hydrogen) atoms. The van der Waals surface area contributed by atoms with E-state index in [0.29, 0.717) is 16.9 Å². The number of esters is 1. The quantitative estimate of drug-likeness (QED) is 0.521. The molecule has 1 saturated heterocycles. The summed E-state index contributed by atoms with van der Waals surface area (Å²) >= 11 is 4.38. The van der Waals surface area contributed by atoms with Crippen LogP contribution >= 0.6 is 12.6 Å². The van der Waals surface area contributed by atoms with E-state index in [0.717, 1.165) is 5.47 Å². The summed E-state index contributed by atoms with van der Waals surface area (Å²) in [4.78, 5) is 15.9. The molecule has 0 unspecified atom stereocenters. The first-order valence-electron chi connectivity index (χ1n) is 7.41. The van der Waals surface area contributed by atoms with E-state index < -0.39 is 24.3 Å². The van der Waals surface area contributed by atoms with E-state index >= 15 is 0 Å². The Labute approximate surface area is 143 Å². The molecule has 0 spiro atoms. The number of pyridine rings is 1. The first kappa shape index (κ1) is 18.0. The van der Waals surface area contributed by atoms with Gasteiger partial charge in [-0.3, -0.25) is 4.98 Å². The van der Waals surface area contributed by atoms with Crippen molar-refractivity contribution in [3.8, 4) is 0 Å². The molecule has 0 aliphatic carbocycles. The summed E-state index contributed by atoms with van der Waals surface area (Å²) in [5.41, 5.74) is 1.06. The van der Waals surface area contributed by atoms with Crippen LogP contribution in [-0.4, -0.2) is 42.1 Å². The van der Waals surface area contributed by atoms with Crippen LogP contribution in [0.2, 0.25) is 0 Å². The predicted octanol–water partition coefficient (Wildman–Crippen LogP) is 2.81. The second-order valence-corrected chi connectivity index (χ2v) is 6.74. The summed E-state index contributed by atoms with van der Waals surface area (Å²) < 4.78 is 16.9. The van der Waals surface area contributed by atoms with Crippen LogP contribution in [0.5, 0.6) is 0 Å².